The Hall–Kier alpha value is -2.62. The van der Waals surface area contributed by atoms with Gasteiger partial charge in [-0.15, -0.1) is 0 Å². The molecule has 0 aliphatic carbocycles. The van der Waals surface area contributed by atoms with Crippen LogP contribution in [0, 0.1) is 0 Å². The minimum absolute atomic E-state index is 1.04. The molecule has 1 heterocycles. The molecule has 2 aromatic carbocycles. The summed E-state index contributed by atoms with van der Waals surface area (Å²) in [5.41, 5.74) is 7.59. The molecule has 0 N–H and O–H groups in total. The van der Waals surface area contributed by atoms with E-state index in [4.69, 9.17) is 0 Å². The first-order valence-corrected chi connectivity index (χ1v) is 13.8. The second-order valence-electron chi connectivity index (χ2n) is 10.2. The van der Waals surface area contributed by atoms with E-state index in [1.807, 2.05) is 0 Å². The van der Waals surface area contributed by atoms with Crippen LogP contribution in [-0.2, 0) is 6.42 Å². The fourth-order valence-corrected chi connectivity index (χ4v) is 4.87. The van der Waals surface area contributed by atoms with Gasteiger partial charge in [0.25, 0.3) is 0 Å². The molecule has 1 saturated heterocycles. The van der Waals surface area contributed by atoms with Gasteiger partial charge in [-0.2, -0.15) is 0 Å². The lowest BCUT2D eigenvalue weighted by Crippen LogP contribution is -2.47. The number of piperazine rings is 1. The van der Waals surface area contributed by atoms with Crippen molar-refractivity contribution in [2.24, 2.45) is 0 Å². The van der Waals surface area contributed by atoms with Crippen LogP contribution in [0.3, 0.4) is 0 Å². The van der Waals surface area contributed by atoms with Crippen LogP contribution in [-0.4, -0.2) is 67.6 Å². The van der Waals surface area contributed by atoms with Gasteiger partial charge in [-0.3, -0.25) is 0 Å². The Morgan fingerprint density at radius 3 is 2.19 bits per heavy atom. The van der Waals surface area contributed by atoms with E-state index in [0.717, 1.165) is 18.5 Å². The van der Waals surface area contributed by atoms with Gasteiger partial charge in [-0.1, -0.05) is 79.7 Å². The van der Waals surface area contributed by atoms with E-state index in [9.17, 15) is 0 Å². The van der Waals surface area contributed by atoms with Gasteiger partial charge < -0.3 is 14.7 Å². The van der Waals surface area contributed by atoms with Crippen molar-refractivity contribution in [2.75, 3.05) is 52.9 Å². The van der Waals surface area contributed by atoms with Crippen LogP contribution < -0.4 is 0 Å². The van der Waals surface area contributed by atoms with Crippen molar-refractivity contribution >= 4 is 11.1 Å². The van der Waals surface area contributed by atoms with Crippen molar-refractivity contribution in [1.82, 2.24) is 14.7 Å². The maximum absolute atomic E-state index is 4.50. The molecule has 3 heteroatoms. The Morgan fingerprint density at radius 2 is 1.56 bits per heavy atom. The highest BCUT2D eigenvalue weighted by Crippen LogP contribution is 2.30. The molecular formula is C33H47N3. The monoisotopic (exact) mass is 485 g/mol. The zero-order valence-corrected chi connectivity index (χ0v) is 23.2. The minimum Gasteiger partial charge on any atom is -0.380 e. The van der Waals surface area contributed by atoms with Crippen LogP contribution in [0.2, 0.25) is 0 Å². The average Bonchev–Trinajstić information content (AvgIpc) is 2.92. The summed E-state index contributed by atoms with van der Waals surface area (Å²) >= 11 is 0. The standard InChI is InChI=1S/C33H47N3/c1-6-28(3)14-12-20-35-22-24-36(25-23-35)21-13-19-34(5)27-33(29(4)31-16-9-8-10-17-31)32-18-11-15-30(7-2)26-32/h6,8-11,15-18,26-27H,4,7,12-14,19-25H2,1-3,5H3/b28-6+,33-27-. The summed E-state index contributed by atoms with van der Waals surface area (Å²) in [7, 11) is 2.20. The highest BCUT2D eigenvalue weighted by Gasteiger charge is 2.16. The van der Waals surface area contributed by atoms with E-state index in [1.165, 1.54) is 86.4 Å². The van der Waals surface area contributed by atoms with Crippen molar-refractivity contribution in [2.45, 2.75) is 46.5 Å². The molecule has 36 heavy (non-hydrogen) atoms. The first kappa shape index (κ1) is 28.0. The third kappa shape index (κ3) is 8.80. The maximum Gasteiger partial charge on any atom is 0.0181 e. The molecule has 0 unspecified atom stereocenters. The molecule has 1 aliphatic rings. The quantitative estimate of drug-likeness (QED) is 0.224. The molecule has 0 spiro atoms. The molecule has 194 valence electrons. The van der Waals surface area contributed by atoms with Crippen LogP contribution in [0.25, 0.3) is 11.1 Å². The molecule has 3 rings (SSSR count). The zero-order valence-electron chi connectivity index (χ0n) is 23.2. The second-order valence-corrected chi connectivity index (χ2v) is 10.2. The van der Waals surface area contributed by atoms with E-state index < -0.39 is 0 Å². The van der Waals surface area contributed by atoms with Crippen LogP contribution in [0.4, 0.5) is 0 Å². The number of benzene rings is 2. The van der Waals surface area contributed by atoms with Gasteiger partial charge in [0.05, 0.1) is 0 Å². The van der Waals surface area contributed by atoms with Gasteiger partial charge in [-0.25, -0.2) is 0 Å². The Morgan fingerprint density at radius 1 is 0.917 bits per heavy atom. The van der Waals surface area contributed by atoms with E-state index in [1.54, 1.807) is 0 Å². The summed E-state index contributed by atoms with van der Waals surface area (Å²) in [6.45, 7) is 19.4. The lowest BCUT2D eigenvalue weighted by Gasteiger charge is -2.35. The third-order valence-electron chi connectivity index (χ3n) is 7.43. The molecule has 0 amide bonds. The number of rotatable bonds is 13. The Labute approximate surface area is 220 Å². The molecule has 0 radical (unpaired) electrons. The molecule has 0 atom stereocenters. The van der Waals surface area contributed by atoms with Crippen LogP contribution in [0.15, 0.2) is 79.0 Å². The van der Waals surface area contributed by atoms with Gasteiger partial charge >= 0.3 is 0 Å². The van der Waals surface area contributed by atoms with E-state index in [-0.39, 0.29) is 0 Å². The third-order valence-corrected chi connectivity index (χ3v) is 7.43. The van der Waals surface area contributed by atoms with Crippen LogP contribution in [0.1, 0.15) is 56.7 Å². The largest absolute Gasteiger partial charge is 0.380 e. The summed E-state index contributed by atoms with van der Waals surface area (Å²) in [5.74, 6) is 0. The SMILES string of the molecule is C=C(/C(=C/N(C)CCCN1CCN(CCC/C(C)=C/C)CC1)c1cccc(CC)c1)c1ccccc1. The molecular weight excluding hydrogens is 438 g/mol. The Kier molecular flexibility index (Phi) is 11.5. The summed E-state index contributed by atoms with van der Waals surface area (Å²) in [6.07, 6.45) is 9.27. The highest BCUT2D eigenvalue weighted by molar-refractivity contribution is 6.03. The summed E-state index contributed by atoms with van der Waals surface area (Å²) < 4.78 is 0. The number of hydrogen-bond donors (Lipinski definition) is 0. The molecule has 1 aliphatic heterocycles. The topological polar surface area (TPSA) is 9.72 Å². The van der Waals surface area contributed by atoms with Crippen molar-refractivity contribution in [3.05, 3.63) is 95.7 Å². The maximum atomic E-state index is 4.50. The summed E-state index contributed by atoms with van der Waals surface area (Å²) in [6, 6.07) is 19.5. The van der Waals surface area contributed by atoms with E-state index in [0.29, 0.717) is 0 Å². The van der Waals surface area contributed by atoms with Gasteiger partial charge in [0.1, 0.15) is 0 Å². The lowest BCUT2D eigenvalue weighted by molar-refractivity contribution is 0.128. The fourth-order valence-electron chi connectivity index (χ4n) is 4.87. The first-order chi connectivity index (χ1) is 17.5. The number of hydrogen-bond acceptors (Lipinski definition) is 3. The van der Waals surface area contributed by atoms with Crippen LogP contribution in [0.5, 0.6) is 0 Å². The molecule has 2 aromatic rings. The number of aryl methyl sites for hydroxylation is 1. The minimum atomic E-state index is 1.04. The normalized spacial score (nSPS) is 15.8. The molecule has 3 nitrogen and oxygen atoms in total. The first-order valence-electron chi connectivity index (χ1n) is 13.8. The molecule has 0 saturated carbocycles. The lowest BCUT2D eigenvalue weighted by atomic mass is 9.93. The zero-order chi connectivity index (χ0) is 25.8. The van der Waals surface area contributed by atoms with Gasteiger partial charge in [0, 0.05) is 51.5 Å². The van der Waals surface area contributed by atoms with Crippen molar-refractivity contribution < 1.29 is 0 Å². The van der Waals surface area contributed by atoms with Gasteiger partial charge in [0.15, 0.2) is 0 Å². The Bertz CT molecular complexity index is 997. The predicted molar refractivity (Wildman–Crippen MR) is 158 cm³/mol. The van der Waals surface area contributed by atoms with Crippen molar-refractivity contribution in [3.8, 4) is 0 Å². The summed E-state index contributed by atoms with van der Waals surface area (Å²) in [4.78, 5) is 7.63. The molecule has 0 aromatic heterocycles. The average molecular weight is 486 g/mol. The van der Waals surface area contributed by atoms with E-state index in [2.05, 4.69) is 116 Å². The fraction of sp³-hybridized carbons (Fsp3) is 0.455. The Balaban J connectivity index is 1.53. The second kappa shape index (κ2) is 14.8. The van der Waals surface area contributed by atoms with Gasteiger partial charge in [-0.05, 0) is 74.9 Å². The number of allylic oxidation sites excluding steroid dienone is 4. The smallest absolute Gasteiger partial charge is 0.0181 e. The van der Waals surface area contributed by atoms with Crippen LogP contribution >= 0.6 is 0 Å². The number of nitrogens with zero attached hydrogens (tertiary/aromatic N) is 3. The predicted octanol–water partition coefficient (Wildman–Crippen LogP) is 6.99. The van der Waals surface area contributed by atoms with Crippen molar-refractivity contribution in [1.29, 1.82) is 0 Å². The van der Waals surface area contributed by atoms with E-state index >= 15 is 0 Å². The molecule has 1 fully saturated rings. The van der Waals surface area contributed by atoms with Gasteiger partial charge in [0.2, 0.25) is 0 Å². The van der Waals surface area contributed by atoms with Crippen molar-refractivity contribution in [3.63, 3.8) is 0 Å². The highest BCUT2D eigenvalue weighted by atomic mass is 15.3. The molecule has 0 bridgehead atoms. The summed E-state index contributed by atoms with van der Waals surface area (Å²) in [5, 5.41) is 0.